The SMILES string of the molecule is c1ccc(-c2ccc(-c3c4ccccc4c(-c4cc5sc6ccccc6c5c5c4sc4ccccc45)c4ccccc34)cc2)cc1. The van der Waals surface area contributed by atoms with E-state index < -0.39 is 0 Å². The van der Waals surface area contributed by atoms with E-state index in [0.717, 1.165) is 0 Å². The lowest BCUT2D eigenvalue weighted by Crippen LogP contribution is -1.91. The molecule has 0 nitrogen and oxygen atoms in total. The number of thiophene rings is 2. The Hall–Kier alpha value is -5.28. The minimum Gasteiger partial charge on any atom is -0.135 e. The van der Waals surface area contributed by atoms with Crippen LogP contribution in [0.4, 0.5) is 0 Å². The molecule has 214 valence electrons. The Morgan fingerprint density at radius 1 is 0.304 bits per heavy atom. The van der Waals surface area contributed by atoms with Gasteiger partial charge in [0.1, 0.15) is 0 Å². The third-order valence-corrected chi connectivity index (χ3v) is 11.8. The smallest absolute Gasteiger partial charge is 0.0441 e. The second-order valence-corrected chi connectivity index (χ2v) is 14.1. The van der Waals surface area contributed by atoms with Crippen LogP contribution in [0.15, 0.2) is 158 Å². The van der Waals surface area contributed by atoms with Crippen LogP contribution in [0.3, 0.4) is 0 Å². The molecule has 0 bridgehead atoms. The molecular formula is C44H26S2. The predicted molar refractivity (Wildman–Crippen MR) is 204 cm³/mol. The van der Waals surface area contributed by atoms with Crippen LogP contribution < -0.4 is 0 Å². The number of benzene rings is 8. The lowest BCUT2D eigenvalue weighted by atomic mass is 9.85. The first-order chi connectivity index (χ1) is 22.8. The van der Waals surface area contributed by atoms with E-state index in [2.05, 4.69) is 158 Å². The molecule has 0 atom stereocenters. The van der Waals surface area contributed by atoms with Gasteiger partial charge in [-0.25, -0.2) is 0 Å². The number of rotatable bonds is 3. The highest BCUT2D eigenvalue weighted by atomic mass is 32.1. The molecule has 0 saturated carbocycles. The van der Waals surface area contributed by atoms with Gasteiger partial charge in [-0.2, -0.15) is 0 Å². The molecule has 0 unspecified atom stereocenters. The van der Waals surface area contributed by atoms with Gasteiger partial charge in [-0.3, -0.25) is 0 Å². The fraction of sp³-hybridized carbons (Fsp3) is 0. The van der Waals surface area contributed by atoms with E-state index in [1.807, 2.05) is 22.7 Å². The predicted octanol–water partition coefficient (Wildman–Crippen LogP) is 13.7. The molecule has 2 aromatic heterocycles. The molecule has 0 radical (unpaired) electrons. The number of fused-ring (bicyclic) bond motifs is 9. The molecule has 8 aromatic carbocycles. The zero-order valence-electron chi connectivity index (χ0n) is 24.8. The molecule has 10 rings (SSSR count). The number of hydrogen-bond acceptors (Lipinski definition) is 2. The summed E-state index contributed by atoms with van der Waals surface area (Å²) >= 11 is 3.84. The lowest BCUT2D eigenvalue weighted by Gasteiger charge is -2.18. The van der Waals surface area contributed by atoms with Gasteiger partial charge in [-0.1, -0.05) is 140 Å². The molecule has 0 fully saturated rings. The summed E-state index contributed by atoms with van der Waals surface area (Å²) < 4.78 is 5.40. The second-order valence-electron chi connectivity index (χ2n) is 12.0. The fourth-order valence-corrected chi connectivity index (χ4v) is 9.87. The molecule has 0 aliphatic carbocycles. The third kappa shape index (κ3) is 3.78. The van der Waals surface area contributed by atoms with Crippen molar-refractivity contribution in [2.24, 2.45) is 0 Å². The second kappa shape index (κ2) is 10.1. The van der Waals surface area contributed by atoms with Gasteiger partial charge in [0.15, 0.2) is 0 Å². The molecule has 0 N–H and O–H groups in total. The van der Waals surface area contributed by atoms with Gasteiger partial charge in [-0.05, 0) is 67.6 Å². The van der Waals surface area contributed by atoms with E-state index in [-0.39, 0.29) is 0 Å². The molecule has 10 aromatic rings. The third-order valence-electron chi connectivity index (χ3n) is 9.47. The van der Waals surface area contributed by atoms with E-state index in [1.54, 1.807) is 0 Å². The van der Waals surface area contributed by atoms with Crippen molar-refractivity contribution in [3.05, 3.63) is 158 Å². The summed E-state index contributed by atoms with van der Waals surface area (Å²) in [7, 11) is 0. The summed E-state index contributed by atoms with van der Waals surface area (Å²) in [5.74, 6) is 0. The zero-order valence-corrected chi connectivity index (χ0v) is 26.5. The van der Waals surface area contributed by atoms with Crippen LogP contribution in [-0.4, -0.2) is 0 Å². The van der Waals surface area contributed by atoms with Crippen LogP contribution >= 0.6 is 22.7 Å². The molecule has 0 aliphatic rings. The van der Waals surface area contributed by atoms with Crippen molar-refractivity contribution in [3.8, 4) is 33.4 Å². The Kier molecular flexibility index (Phi) is 5.72. The Morgan fingerprint density at radius 2 is 0.761 bits per heavy atom. The fourth-order valence-electron chi connectivity index (χ4n) is 7.48. The first-order valence-electron chi connectivity index (χ1n) is 15.7. The summed E-state index contributed by atoms with van der Waals surface area (Å²) in [6.07, 6.45) is 0. The Morgan fingerprint density at radius 3 is 1.39 bits per heavy atom. The van der Waals surface area contributed by atoms with Crippen molar-refractivity contribution < 1.29 is 0 Å². The maximum absolute atomic E-state index is 2.49. The molecule has 0 amide bonds. The highest BCUT2D eigenvalue weighted by Gasteiger charge is 2.22. The quantitative estimate of drug-likeness (QED) is 0.173. The van der Waals surface area contributed by atoms with Crippen LogP contribution in [0.2, 0.25) is 0 Å². The van der Waals surface area contributed by atoms with Gasteiger partial charge < -0.3 is 0 Å². The minimum absolute atomic E-state index is 1.23. The van der Waals surface area contributed by atoms with E-state index in [9.17, 15) is 0 Å². The van der Waals surface area contributed by atoms with Crippen LogP contribution in [0, 0.1) is 0 Å². The highest BCUT2D eigenvalue weighted by Crippen LogP contribution is 2.52. The molecular weight excluding hydrogens is 593 g/mol. The minimum atomic E-state index is 1.23. The monoisotopic (exact) mass is 618 g/mol. The zero-order chi connectivity index (χ0) is 30.2. The van der Waals surface area contributed by atoms with Crippen molar-refractivity contribution in [3.63, 3.8) is 0 Å². The normalized spacial score (nSPS) is 11.9. The Balaban J connectivity index is 1.32. The van der Waals surface area contributed by atoms with Crippen molar-refractivity contribution in [1.82, 2.24) is 0 Å². The van der Waals surface area contributed by atoms with Gasteiger partial charge in [-0.15, -0.1) is 22.7 Å². The summed E-state index contributed by atoms with van der Waals surface area (Å²) in [5, 5.41) is 10.6. The summed E-state index contributed by atoms with van der Waals surface area (Å²) in [6.45, 7) is 0. The average Bonchev–Trinajstić information content (AvgIpc) is 3.69. The van der Waals surface area contributed by atoms with Crippen molar-refractivity contribution in [2.75, 3.05) is 0 Å². The molecule has 2 heterocycles. The van der Waals surface area contributed by atoms with Crippen molar-refractivity contribution >= 4 is 84.6 Å². The van der Waals surface area contributed by atoms with E-state index in [1.165, 1.54) is 95.3 Å². The average molecular weight is 619 g/mol. The number of hydrogen-bond donors (Lipinski definition) is 0. The largest absolute Gasteiger partial charge is 0.135 e. The first-order valence-corrected chi connectivity index (χ1v) is 17.3. The van der Waals surface area contributed by atoms with E-state index in [0.29, 0.717) is 0 Å². The van der Waals surface area contributed by atoms with Gasteiger partial charge in [0.25, 0.3) is 0 Å². The van der Waals surface area contributed by atoms with Crippen molar-refractivity contribution in [2.45, 2.75) is 0 Å². The molecule has 46 heavy (non-hydrogen) atoms. The van der Waals surface area contributed by atoms with Crippen LogP contribution in [0.1, 0.15) is 0 Å². The first kappa shape index (κ1) is 26.0. The van der Waals surface area contributed by atoms with E-state index in [4.69, 9.17) is 0 Å². The molecule has 0 aliphatic heterocycles. The Labute approximate surface area is 274 Å². The van der Waals surface area contributed by atoms with Gasteiger partial charge in [0, 0.05) is 45.9 Å². The van der Waals surface area contributed by atoms with Crippen LogP contribution in [0.5, 0.6) is 0 Å². The standard InChI is InChI=1S/C44H26S2/c1-2-12-27(13-3-1)28-22-24-29(25-23-28)40-30-14-4-6-16-32(30)41(33-17-7-5-15-31(33)40)36-26-39-42(34-18-8-10-20-37(34)45-39)43-35-19-9-11-21-38(35)46-44(36)43/h1-26H. The molecule has 0 saturated heterocycles. The maximum Gasteiger partial charge on any atom is 0.0441 e. The van der Waals surface area contributed by atoms with Crippen LogP contribution in [-0.2, 0) is 0 Å². The summed E-state index contributed by atoms with van der Waals surface area (Å²) in [4.78, 5) is 0. The van der Waals surface area contributed by atoms with Gasteiger partial charge in [0.2, 0.25) is 0 Å². The highest BCUT2D eigenvalue weighted by molar-refractivity contribution is 7.28. The Bertz CT molecular complexity index is 2720. The lowest BCUT2D eigenvalue weighted by molar-refractivity contribution is 1.61. The van der Waals surface area contributed by atoms with Gasteiger partial charge >= 0.3 is 0 Å². The maximum atomic E-state index is 2.49. The molecule has 0 spiro atoms. The van der Waals surface area contributed by atoms with Gasteiger partial charge in [0.05, 0.1) is 0 Å². The van der Waals surface area contributed by atoms with Crippen molar-refractivity contribution in [1.29, 1.82) is 0 Å². The summed E-state index contributed by atoms with van der Waals surface area (Å²) in [5.41, 5.74) is 7.66. The summed E-state index contributed by atoms with van der Waals surface area (Å²) in [6, 6.07) is 58.1. The van der Waals surface area contributed by atoms with E-state index >= 15 is 0 Å². The molecule has 2 heteroatoms. The topological polar surface area (TPSA) is 0 Å². The van der Waals surface area contributed by atoms with Crippen LogP contribution in [0.25, 0.3) is 95.3 Å².